The zero-order chi connectivity index (χ0) is 31.4. The molecule has 7 rings (SSSR count). The standard InChI is InChI=1S/C34H36FN7O3/c1-37-33(43)26-9-8-22(15-38-26)20-6-7-21-12-29(42(28(21)11-20)16-19-4-5-19)32-39-27-10-23(13-30(45-3)31(27)40(32)2)34(44)41-17-24(35)14-25(36)18-41/h6-13,15,19,24-25H,4-5,14,16-18,36H2,1-3H3,(H,37,43)/t24-,25-/m1/s1. The molecule has 2 aromatic carbocycles. The third-order valence-corrected chi connectivity index (χ3v) is 8.95. The lowest BCUT2D eigenvalue weighted by atomic mass is 10.0. The number of nitrogens with two attached hydrogens (primary N) is 1. The van der Waals surface area contributed by atoms with Crippen molar-refractivity contribution in [1.29, 1.82) is 0 Å². The number of ether oxygens (including phenoxy) is 1. The smallest absolute Gasteiger partial charge is 0.269 e. The summed E-state index contributed by atoms with van der Waals surface area (Å²) in [6.07, 6.45) is 3.21. The van der Waals surface area contributed by atoms with Crippen LogP contribution in [-0.2, 0) is 13.6 Å². The van der Waals surface area contributed by atoms with E-state index in [4.69, 9.17) is 15.5 Å². The Morgan fingerprint density at radius 3 is 2.58 bits per heavy atom. The molecule has 1 saturated carbocycles. The number of likely N-dealkylation sites (tertiary alicyclic amines) is 1. The van der Waals surface area contributed by atoms with Crippen LogP contribution < -0.4 is 15.8 Å². The SMILES string of the molecule is CNC(=O)c1ccc(-c2ccc3cc(-c4nc5cc(C(=O)N6C[C@H](N)C[C@@H](F)C6)cc(OC)c5n4C)n(CC4CC4)c3c2)cn1. The summed E-state index contributed by atoms with van der Waals surface area (Å²) in [6, 6.07) is 15.2. The number of nitrogens with zero attached hydrogens (tertiary/aromatic N) is 5. The number of alkyl halides is 1. The molecular weight excluding hydrogens is 573 g/mol. The number of nitrogens with one attached hydrogen (secondary N) is 1. The molecule has 3 N–H and O–H groups in total. The normalized spacial score (nSPS) is 18.5. The van der Waals surface area contributed by atoms with Gasteiger partial charge in [-0.2, -0.15) is 0 Å². The lowest BCUT2D eigenvalue weighted by molar-refractivity contribution is 0.0606. The van der Waals surface area contributed by atoms with Crippen molar-refractivity contribution in [1.82, 2.24) is 29.3 Å². The Bertz CT molecular complexity index is 1930. The van der Waals surface area contributed by atoms with Crippen LogP contribution in [0.2, 0.25) is 0 Å². The molecule has 45 heavy (non-hydrogen) atoms. The largest absolute Gasteiger partial charge is 0.494 e. The molecule has 1 aliphatic heterocycles. The zero-order valence-electron chi connectivity index (χ0n) is 25.6. The second kappa shape index (κ2) is 11.3. The summed E-state index contributed by atoms with van der Waals surface area (Å²) < 4.78 is 24.4. The predicted molar refractivity (Wildman–Crippen MR) is 171 cm³/mol. The number of carbonyl (C=O) groups excluding carboxylic acids is 2. The second-order valence-corrected chi connectivity index (χ2v) is 12.2. The van der Waals surface area contributed by atoms with E-state index in [2.05, 4.69) is 39.1 Å². The fraction of sp³-hybridized carbons (Fsp3) is 0.353. The molecule has 11 heteroatoms. The summed E-state index contributed by atoms with van der Waals surface area (Å²) in [6.45, 7) is 1.20. The van der Waals surface area contributed by atoms with Gasteiger partial charge in [-0.25, -0.2) is 9.37 Å². The van der Waals surface area contributed by atoms with Gasteiger partial charge in [-0.1, -0.05) is 18.2 Å². The van der Waals surface area contributed by atoms with Gasteiger partial charge in [-0.05, 0) is 61.1 Å². The topological polar surface area (TPSA) is 120 Å². The van der Waals surface area contributed by atoms with Gasteiger partial charge in [0.25, 0.3) is 11.8 Å². The molecule has 2 amide bonds. The first-order chi connectivity index (χ1) is 21.7. The van der Waals surface area contributed by atoms with E-state index in [1.165, 1.54) is 17.7 Å². The van der Waals surface area contributed by atoms with E-state index in [-0.39, 0.29) is 24.8 Å². The summed E-state index contributed by atoms with van der Waals surface area (Å²) in [5.41, 5.74) is 12.2. The molecular formula is C34H36FN7O3. The van der Waals surface area contributed by atoms with Crippen molar-refractivity contribution in [2.45, 2.75) is 38.0 Å². The first-order valence-corrected chi connectivity index (χ1v) is 15.3. The van der Waals surface area contributed by atoms with Gasteiger partial charge in [0.2, 0.25) is 0 Å². The summed E-state index contributed by atoms with van der Waals surface area (Å²) in [5.74, 6) is 1.37. The number of pyridine rings is 1. The molecule has 3 aromatic heterocycles. The highest BCUT2D eigenvalue weighted by molar-refractivity contribution is 6.00. The number of halogens is 1. The third-order valence-electron chi connectivity index (χ3n) is 8.95. The molecule has 0 radical (unpaired) electrons. The number of hydrogen-bond acceptors (Lipinski definition) is 6. The minimum absolute atomic E-state index is 0.0257. The maximum atomic E-state index is 14.3. The van der Waals surface area contributed by atoms with Gasteiger partial charge >= 0.3 is 0 Å². The third kappa shape index (κ3) is 5.31. The molecule has 0 bridgehead atoms. The van der Waals surface area contributed by atoms with E-state index >= 15 is 0 Å². The first-order valence-electron chi connectivity index (χ1n) is 15.3. The van der Waals surface area contributed by atoms with Crippen molar-refractivity contribution < 1.29 is 18.7 Å². The number of aryl methyl sites for hydroxylation is 1. The molecule has 0 spiro atoms. The van der Waals surface area contributed by atoms with Gasteiger partial charge in [-0.3, -0.25) is 14.6 Å². The number of piperidine rings is 1. The highest BCUT2D eigenvalue weighted by Crippen LogP contribution is 2.39. The molecule has 2 aliphatic rings. The Labute approximate surface area is 260 Å². The van der Waals surface area contributed by atoms with Crippen LogP contribution >= 0.6 is 0 Å². The van der Waals surface area contributed by atoms with E-state index in [0.29, 0.717) is 35.0 Å². The van der Waals surface area contributed by atoms with Crippen LogP contribution in [0.1, 0.15) is 40.1 Å². The minimum Gasteiger partial charge on any atom is -0.494 e. The number of amides is 2. The number of aromatic nitrogens is 4. The second-order valence-electron chi connectivity index (χ2n) is 12.2. The summed E-state index contributed by atoms with van der Waals surface area (Å²) in [7, 11) is 5.12. The van der Waals surface area contributed by atoms with Crippen LogP contribution in [0.15, 0.2) is 54.7 Å². The Morgan fingerprint density at radius 2 is 1.89 bits per heavy atom. The van der Waals surface area contributed by atoms with Gasteiger partial charge in [-0.15, -0.1) is 0 Å². The van der Waals surface area contributed by atoms with Gasteiger partial charge in [0.15, 0.2) is 5.82 Å². The maximum absolute atomic E-state index is 14.3. The van der Waals surface area contributed by atoms with Crippen molar-refractivity contribution in [2.24, 2.45) is 18.7 Å². The fourth-order valence-electron chi connectivity index (χ4n) is 6.44. The predicted octanol–water partition coefficient (Wildman–Crippen LogP) is 4.55. The molecule has 2 fully saturated rings. The average molecular weight is 610 g/mol. The maximum Gasteiger partial charge on any atom is 0.269 e. The quantitative estimate of drug-likeness (QED) is 0.280. The first kappa shape index (κ1) is 29.0. The van der Waals surface area contributed by atoms with Crippen LogP contribution in [0, 0.1) is 5.92 Å². The monoisotopic (exact) mass is 609 g/mol. The number of imidazole rings is 1. The summed E-state index contributed by atoms with van der Waals surface area (Å²) in [4.78, 5) is 36.3. The molecule has 4 heterocycles. The van der Waals surface area contributed by atoms with E-state index in [9.17, 15) is 14.0 Å². The van der Waals surface area contributed by atoms with Crippen LogP contribution in [-0.4, -0.2) is 75.3 Å². The number of fused-ring (bicyclic) bond motifs is 2. The van der Waals surface area contributed by atoms with Crippen molar-refractivity contribution in [3.05, 3.63) is 66.0 Å². The van der Waals surface area contributed by atoms with Gasteiger partial charge < -0.3 is 29.8 Å². The highest BCUT2D eigenvalue weighted by Gasteiger charge is 2.30. The Balaban J connectivity index is 1.31. The van der Waals surface area contributed by atoms with Gasteiger partial charge in [0, 0.05) is 61.5 Å². The Morgan fingerprint density at radius 1 is 1.09 bits per heavy atom. The molecule has 1 aliphatic carbocycles. The number of hydrogen-bond donors (Lipinski definition) is 2. The van der Waals surface area contributed by atoms with Crippen molar-refractivity contribution >= 4 is 33.8 Å². The van der Waals surface area contributed by atoms with Crippen molar-refractivity contribution in [2.75, 3.05) is 27.2 Å². The van der Waals surface area contributed by atoms with Gasteiger partial charge in [0.1, 0.15) is 23.1 Å². The fourth-order valence-corrected chi connectivity index (χ4v) is 6.44. The van der Waals surface area contributed by atoms with E-state index in [1.54, 1.807) is 38.6 Å². The van der Waals surface area contributed by atoms with Crippen LogP contribution in [0.4, 0.5) is 4.39 Å². The van der Waals surface area contributed by atoms with Crippen LogP contribution in [0.25, 0.3) is 44.6 Å². The van der Waals surface area contributed by atoms with Crippen molar-refractivity contribution in [3.63, 3.8) is 0 Å². The van der Waals surface area contributed by atoms with E-state index in [0.717, 1.165) is 45.6 Å². The zero-order valence-corrected chi connectivity index (χ0v) is 25.6. The van der Waals surface area contributed by atoms with E-state index < -0.39 is 12.2 Å². The number of rotatable bonds is 7. The molecule has 232 valence electrons. The summed E-state index contributed by atoms with van der Waals surface area (Å²) in [5, 5.41) is 3.69. The number of methoxy groups -OCH3 is 1. The molecule has 1 saturated heterocycles. The highest BCUT2D eigenvalue weighted by atomic mass is 19.1. The summed E-state index contributed by atoms with van der Waals surface area (Å²) >= 11 is 0. The number of carbonyl (C=O) groups is 2. The average Bonchev–Trinajstić information content (AvgIpc) is 3.72. The van der Waals surface area contributed by atoms with Crippen LogP contribution in [0.3, 0.4) is 0 Å². The van der Waals surface area contributed by atoms with Gasteiger partial charge in [0.05, 0.1) is 24.9 Å². The molecule has 5 aromatic rings. The molecule has 2 atom stereocenters. The lowest BCUT2D eigenvalue weighted by Crippen LogP contribution is -2.50. The Hall–Kier alpha value is -4.77. The molecule has 0 unspecified atom stereocenters. The number of benzene rings is 2. The van der Waals surface area contributed by atoms with E-state index in [1.807, 2.05) is 17.7 Å². The molecule has 10 nitrogen and oxygen atoms in total. The van der Waals surface area contributed by atoms with Crippen LogP contribution in [0.5, 0.6) is 5.75 Å². The lowest BCUT2D eigenvalue weighted by Gasteiger charge is -2.33. The van der Waals surface area contributed by atoms with Crippen molar-refractivity contribution in [3.8, 4) is 28.4 Å². The minimum atomic E-state index is -1.14. The Kier molecular flexibility index (Phi) is 7.27.